The van der Waals surface area contributed by atoms with Crippen molar-refractivity contribution in [1.29, 1.82) is 0 Å². The summed E-state index contributed by atoms with van der Waals surface area (Å²) < 4.78 is 27.4. The van der Waals surface area contributed by atoms with E-state index in [1.807, 2.05) is 50.2 Å². The van der Waals surface area contributed by atoms with Gasteiger partial charge in [0.25, 0.3) is 0 Å². The summed E-state index contributed by atoms with van der Waals surface area (Å²) >= 11 is 3.40. The third-order valence-electron chi connectivity index (χ3n) is 5.30. The molecule has 33 heavy (non-hydrogen) atoms. The van der Waals surface area contributed by atoms with Crippen LogP contribution in [-0.2, 0) is 32.6 Å². The summed E-state index contributed by atoms with van der Waals surface area (Å²) in [7, 11) is -3.74. The van der Waals surface area contributed by atoms with Crippen molar-refractivity contribution in [3.63, 3.8) is 0 Å². The van der Waals surface area contributed by atoms with Crippen molar-refractivity contribution in [2.45, 2.75) is 46.2 Å². The Morgan fingerprint density at radius 1 is 1.06 bits per heavy atom. The highest BCUT2D eigenvalue weighted by atomic mass is 79.9. The molecule has 0 fully saturated rings. The van der Waals surface area contributed by atoms with Crippen molar-refractivity contribution >= 4 is 43.5 Å². The molecule has 0 bridgehead atoms. The Kier molecular flexibility index (Phi) is 9.91. The van der Waals surface area contributed by atoms with E-state index < -0.39 is 28.5 Å². The highest BCUT2D eigenvalue weighted by Gasteiger charge is 2.30. The second-order valence-corrected chi connectivity index (χ2v) is 10.7. The molecular weight excluding hydrogens is 506 g/mol. The molecule has 0 aromatic heterocycles. The van der Waals surface area contributed by atoms with Gasteiger partial charge in [0.15, 0.2) is 0 Å². The van der Waals surface area contributed by atoms with Crippen LogP contribution in [0.15, 0.2) is 53.0 Å². The first kappa shape index (κ1) is 26.9. The van der Waals surface area contributed by atoms with Gasteiger partial charge in [-0.3, -0.25) is 13.9 Å². The minimum atomic E-state index is -3.74. The quantitative estimate of drug-likeness (QED) is 0.473. The van der Waals surface area contributed by atoms with Crippen LogP contribution in [0.2, 0.25) is 0 Å². The lowest BCUT2D eigenvalue weighted by molar-refractivity contribution is -0.139. The summed E-state index contributed by atoms with van der Waals surface area (Å²) in [5, 5.41) is 2.82. The normalized spacial score (nSPS) is 12.2. The van der Waals surface area contributed by atoms with Gasteiger partial charge in [-0.25, -0.2) is 8.42 Å². The zero-order valence-electron chi connectivity index (χ0n) is 19.5. The molecule has 7 nitrogen and oxygen atoms in total. The summed E-state index contributed by atoms with van der Waals surface area (Å²) in [6.07, 6.45) is 2.48. The Balaban J connectivity index is 2.39. The largest absolute Gasteiger partial charge is 0.354 e. The molecule has 0 heterocycles. The van der Waals surface area contributed by atoms with E-state index >= 15 is 0 Å². The smallest absolute Gasteiger partial charge is 0.244 e. The second kappa shape index (κ2) is 12.2. The number of hydrogen-bond acceptors (Lipinski definition) is 4. The highest BCUT2D eigenvalue weighted by Crippen LogP contribution is 2.24. The van der Waals surface area contributed by atoms with Crippen LogP contribution < -0.4 is 9.62 Å². The lowest BCUT2D eigenvalue weighted by Crippen LogP contribution is -2.51. The summed E-state index contributed by atoms with van der Waals surface area (Å²) in [5.41, 5.74) is 2.13. The van der Waals surface area contributed by atoms with Crippen molar-refractivity contribution in [3.8, 4) is 0 Å². The second-order valence-electron chi connectivity index (χ2n) is 7.87. The number of anilines is 1. The molecule has 2 aromatic rings. The topological polar surface area (TPSA) is 86.8 Å². The van der Waals surface area contributed by atoms with Crippen LogP contribution in [0.25, 0.3) is 0 Å². The summed E-state index contributed by atoms with van der Waals surface area (Å²) in [5.74, 6) is -0.726. The predicted octanol–water partition coefficient (Wildman–Crippen LogP) is 3.72. The van der Waals surface area contributed by atoms with E-state index in [0.29, 0.717) is 18.7 Å². The number of rotatable bonds is 11. The molecule has 0 saturated heterocycles. The molecule has 2 rings (SSSR count). The molecule has 1 N–H and O–H groups in total. The number of carbonyl (C=O) groups is 2. The molecule has 2 aromatic carbocycles. The summed E-state index contributed by atoms with van der Waals surface area (Å²) in [4.78, 5) is 27.6. The number of benzene rings is 2. The van der Waals surface area contributed by atoms with Crippen LogP contribution in [0, 0.1) is 0 Å². The maximum absolute atomic E-state index is 13.5. The Hall–Kier alpha value is -2.39. The molecule has 2 amide bonds. The van der Waals surface area contributed by atoms with Gasteiger partial charge in [-0.2, -0.15) is 0 Å². The Morgan fingerprint density at radius 2 is 1.70 bits per heavy atom. The summed E-state index contributed by atoms with van der Waals surface area (Å²) in [6, 6.07) is 13.8. The van der Waals surface area contributed by atoms with Crippen molar-refractivity contribution in [1.82, 2.24) is 10.2 Å². The molecule has 9 heteroatoms. The molecule has 0 radical (unpaired) electrons. The van der Waals surface area contributed by atoms with Gasteiger partial charge in [0.05, 0.1) is 11.9 Å². The van der Waals surface area contributed by atoms with Gasteiger partial charge in [-0.05, 0) is 49.1 Å². The molecule has 0 saturated carbocycles. The number of para-hydroxylation sites is 1. The number of sulfonamides is 1. The highest BCUT2D eigenvalue weighted by molar-refractivity contribution is 9.10. The van der Waals surface area contributed by atoms with E-state index in [4.69, 9.17) is 0 Å². The number of nitrogens with zero attached hydrogens (tertiary/aromatic N) is 2. The van der Waals surface area contributed by atoms with Gasteiger partial charge < -0.3 is 10.2 Å². The first-order valence-electron chi connectivity index (χ1n) is 11.0. The lowest BCUT2D eigenvalue weighted by Gasteiger charge is -2.32. The van der Waals surface area contributed by atoms with Crippen LogP contribution in [0.5, 0.6) is 0 Å². The van der Waals surface area contributed by atoms with E-state index in [1.54, 1.807) is 19.1 Å². The number of halogens is 1. The molecule has 0 aliphatic carbocycles. The van der Waals surface area contributed by atoms with Crippen LogP contribution in [-0.4, -0.2) is 50.5 Å². The van der Waals surface area contributed by atoms with E-state index in [2.05, 4.69) is 21.2 Å². The zero-order chi connectivity index (χ0) is 24.6. The van der Waals surface area contributed by atoms with Crippen molar-refractivity contribution in [2.75, 3.05) is 23.7 Å². The van der Waals surface area contributed by atoms with Gasteiger partial charge in [-0.1, -0.05) is 60.1 Å². The number of carbonyl (C=O) groups excluding carboxylic acids is 2. The SMILES string of the molecule is CCCNC(=O)C(C)N(Cc1ccc(Br)cc1)C(=O)CN(c1ccccc1CC)S(C)(=O)=O. The molecular formula is C24H32BrN3O4S. The van der Waals surface area contributed by atoms with E-state index in [-0.39, 0.29) is 12.5 Å². The van der Waals surface area contributed by atoms with Gasteiger partial charge >= 0.3 is 0 Å². The summed E-state index contributed by atoms with van der Waals surface area (Å²) in [6.45, 7) is 5.83. The molecule has 0 aliphatic rings. The number of nitrogens with one attached hydrogen (secondary N) is 1. The third-order valence-corrected chi connectivity index (χ3v) is 6.96. The van der Waals surface area contributed by atoms with Gasteiger partial charge in [0.2, 0.25) is 21.8 Å². The van der Waals surface area contributed by atoms with Gasteiger partial charge in [0, 0.05) is 17.6 Å². The Morgan fingerprint density at radius 3 is 2.27 bits per heavy atom. The number of hydrogen-bond donors (Lipinski definition) is 1. The van der Waals surface area contributed by atoms with Crippen molar-refractivity contribution in [2.24, 2.45) is 0 Å². The fraction of sp³-hybridized carbons (Fsp3) is 0.417. The lowest BCUT2D eigenvalue weighted by atomic mass is 10.1. The fourth-order valence-corrected chi connectivity index (χ4v) is 4.56. The monoisotopic (exact) mass is 537 g/mol. The first-order chi connectivity index (χ1) is 15.6. The molecule has 0 spiro atoms. The fourth-order valence-electron chi connectivity index (χ4n) is 3.41. The van der Waals surface area contributed by atoms with E-state index in [0.717, 1.165) is 32.6 Å². The minimum absolute atomic E-state index is 0.180. The average Bonchev–Trinajstić information content (AvgIpc) is 2.79. The standard InChI is InChI=1S/C24H32BrN3O4S/c1-5-15-26-24(30)18(3)27(16-19-11-13-21(25)14-12-19)23(29)17-28(33(4,31)32)22-10-8-7-9-20(22)6-2/h7-14,18H,5-6,15-17H2,1-4H3,(H,26,30). The van der Waals surface area contributed by atoms with E-state index in [9.17, 15) is 18.0 Å². The molecule has 1 unspecified atom stereocenters. The van der Waals surface area contributed by atoms with Crippen LogP contribution >= 0.6 is 15.9 Å². The average molecular weight is 539 g/mol. The van der Waals surface area contributed by atoms with Crippen LogP contribution in [0.4, 0.5) is 5.69 Å². The van der Waals surface area contributed by atoms with Crippen molar-refractivity contribution < 1.29 is 18.0 Å². The zero-order valence-corrected chi connectivity index (χ0v) is 21.9. The number of aryl methyl sites for hydroxylation is 1. The van der Waals surface area contributed by atoms with Gasteiger partial charge in [-0.15, -0.1) is 0 Å². The molecule has 0 aliphatic heterocycles. The van der Waals surface area contributed by atoms with Crippen LogP contribution in [0.3, 0.4) is 0 Å². The minimum Gasteiger partial charge on any atom is -0.354 e. The van der Waals surface area contributed by atoms with Crippen LogP contribution in [0.1, 0.15) is 38.3 Å². The third kappa shape index (κ3) is 7.57. The van der Waals surface area contributed by atoms with E-state index in [1.165, 1.54) is 4.90 Å². The number of amides is 2. The Labute approximate surface area is 205 Å². The molecule has 180 valence electrons. The Bertz CT molecular complexity index is 1060. The maximum atomic E-state index is 13.5. The first-order valence-corrected chi connectivity index (χ1v) is 13.6. The van der Waals surface area contributed by atoms with Crippen molar-refractivity contribution in [3.05, 3.63) is 64.1 Å². The molecule has 1 atom stereocenters. The van der Waals surface area contributed by atoms with Gasteiger partial charge in [0.1, 0.15) is 12.6 Å². The maximum Gasteiger partial charge on any atom is 0.244 e. The predicted molar refractivity (Wildman–Crippen MR) is 135 cm³/mol.